The molecule has 0 fully saturated rings. The van der Waals surface area contributed by atoms with Crippen LogP contribution in [-0.2, 0) is 0 Å². The van der Waals surface area contributed by atoms with Gasteiger partial charge in [0, 0.05) is 0 Å². The van der Waals surface area contributed by atoms with E-state index in [1.165, 1.54) is 83.7 Å². The second-order valence-electron chi connectivity index (χ2n) is 7.20. The van der Waals surface area contributed by atoms with Crippen LogP contribution >= 0.6 is 0 Å². The highest BCUT2D eigenvalue weighted by Gasteiger charge is 2.05. The zero-order valence-corrected chi connectivity index (χ0v) is 21.0. The number of unbranched alkanes of at least 4 members (excludes halogenated alkanes) is 3. The first-order valence-corrected chi connectivity index (χ1v) is 12.1. The summed E-state index contributed by atoms with van der Waals surface area (Å²) in [5.41, 5.74) is 0. The molecule has 1 rings (SSSR count). The van der Waals surface area contributed by atoms with Crippen LogP contribution < -0.4 is 5.32 Å². The molecule has 1 aromatic carbocycles. The van der Waals surface area contributed by atoms with Crippen LogP contribution in [0.1, 0.15) is 105 Å². The first-order chi connectivity index (χ1) is 14.8. The molecule has 0 aromatic heterocycles. The molecule has 0 saturated carbocycles. The maximum Gasteiger partial charge on any atom is -0.00489 e. The van der Waals surface area contributed by atoms with Crippen LogP contribution in [0.5, 0.6) is 0 Å². The molecule has 0 bridgehead atoms. The molecule has 0 radical (unpaired) electrons. The molecule has 30 heavy (non-hydrogen) atoms. The third-order valence-electron chi connectivity index (χ3n) is 4.48. The average Bonchev–Trinajstić information content (AvgIpc) is 2.83. The van der Waals surface area contributed by atoms with Crippen LogP contribution in [0.4, 0.5) is 0 Å². The van der Waals surface area contributed by atoms with Crippen molar-refractivity contribution in [1.29, 1.82) is 0 Å². The van der Waals surface area contributed by atoms with Crippen molar-refractivity contribution in [2.75, 3.05) is 13.1 Å². The molecular formula is C29H53N. The molecule has 1 aromatic rings. The summed E-state index contributed by atoms with van der Waals surface area (Å²) in [6.45, 7) is 13.7. The Morgan fingerprint density at radius 3 is 1.23 bits per heavy atom. The maximum absolute atomic E-state index is 4.00. The van der Waals surface area contributed by atoms with Gasteiger partial charge in [-0.15, -0.1) is 25.7 Å². The Hall–Kier alpha value is -1.70. The standard InChI is InChI=1S/C15H33N.C6H6.C4H10.2C2H2/c1-4-7-13-16-14-9-8-12-15(10-5-2)11-6-3;1-2-4-6-5-3-1;1-3-4-2;2*1-2/h15-16H,4-14H2,1-3H3;1-6H;3-4H2,1-2H3;2*1-2H. The summed E-state index contributed by atoms with van der Waals surface area (Å²) >= 11 is 0. The van der Waals surface area contributed by atoms with Gasteiger partial charge < -0.3 is 5.32 Å². The zero-order chi connectivity index (χ0) is 23.7. The molecule has 174 valence electrons. The first-order valence-electron chi connectivity index (χ1n) is 12.1. The number of rotatable bonds is 13. The smallest absolute Gasteiger partial charge is 0.00489 e. The molecule has 1 N–H and O–H groups in total. The van der Waals surface area contributed by atoms with Crippen LogP contribution in [0.15, 0.2) is 36.4 Å². The van der Waals surface area contributed by atoms with Crippen molar-refractivity contribution >= 4 is 0 Å². The van der Waals surface area contributed by atoms with Gasteiger partial charge in [0.05, 0.1) is 0 Å². The Balaban J connectivity index is -0.000000196. The lowest BCUT2D eigenvalue weighted by Crippen LogP contribution is -2.16. The summed E-state index contributed by atoms with van der Waals surface area (Å²) in [4.78, 5) is 0. The fraction of sp³-hybridized carbons (Fsp3) is 0.655. The van der Waals surface area contributed by atoms with Gasteiger partial charge in [0.25, 0.3) is 0 Å². The van der Waals surface area contributed by atoms with Gasteiger partial charge in [-0.25, -0.2) is 0 Å². The molecule has 0 amide bonds. The van der Waals surface area contributed by atoms with Crippen LogP contribution in [0.3, 0.4) is 0 Å². The summed E-state index contributed by atoms with van der Waals surface area (Å²) in [6.07, 6.45) is 31.1. The molecule has 0 aliphatic rings. The molecular weight excluding hydrogens is 362 g/mol. The highest BCUT2D eigenvalue weighted by Crippen LogP contribution is 2.19. The lowest BCUT2D eigenvalue weighted by atomic mass is 9.93. The topological polar surface area (TPSA) is 12.0 Å². The van der Waals surface area contributed by atoms with Crippen molar-refractivity contribution in [3.8, 4) is 25.7 Å². The monoisotopic (exact) mass is 415 g/mol. The van der Waals surface area contributed by atoms with E-state index in [1.807, 2.05) is 36.4 Å². The van der Waals surface area contributed by atoms with E-state index in [0.717, 1.165) is 5.92 Å². The number of hydrogen-bond acceptors (Lipinski definition) is 1. The van der Waals surface area contributed by atoms with E-state index in [0.29, 0.717) is 0 Å². The summed E-state index contributed by atoms with van der Waals surface area (Å²) in [6, 6.07) is 12.0. The van der Waals surface area contributed by atoms with E-state index < -0.39 is 0 Å². The number of nitrogens with one attached hydrogen (secondary N) is 1. The normalized spacial score (nSPS) is 8.73. The average molecular weight is 416 g/mol. The summed E-state index contributed by atoms with van der Waals surface area (Å²) in [7, 11) is 0. The minimum Gasteiger partial charge on any atom is -0.317 e. The fourth-order valence-electron chi connectivity index (χ4n) is 2.74. The minimum absolute atomic E-state index is 1.01. The predicted octanol–water partition coefficient (Wildman–Crippen LogP) is 8.75. The van der Waals surface area contributed by atoms with Gasteiger partial charge >= 0.3 is 0 Å². The Morgan fingerprint density at radius 1 is 0.500 bits per heavy atom. The minimum atomic E-state index is 1.01. The van der Waals surface area contributed by atoms with Gasteiger partial charge in [0.15, 0.2) is 0 Å². The lowest BCUT2D eigenvalue weighted by Gasteiger charge is -2.14. The van der Waals surface area contributed by atoms with E-state index in [-0.39, 0.29) is 0 Å². The van der Waals surface area contributed by atoms with Gasteiger partial charge in [-0.1, -0.05) is 129 Å². The Kier molecular flexibility index (Phi) is 49.6. The number of benzene rings is 1. The van der Waals surface area contributed by atoms with Gasteiger partial charge in [-0.2, -0.15) is 0 Å². The summed E-state index contributed by atoms with van der Waals surface area (Å²) in [5.74, 6) is 1.01. The summed E-state index contributed by atoms with van der Waals surface area (Å²) < 4.78 is 0. The molecule has 0 heterocycles. The number of hydrogen-bond donors (Lipinski definition) is 1. The molecule has 1 heteroatoms. The van der Waals surface area contributed by atoms with Gasteiger partial charge in [0.1, 0.15) is 0 Å². The second kappa shape index (κ2) is 41.6. The van der Waals surface area contributed by atoms with Gasteiger partial charge in [0.2, 0.25) is 0 Å². The predicted molar refractivity (Wildman–Crippen MR) is 142 cm³/mol. The van der Waals surface area contributed by atoms with E-state index in [1.54, 1.807) is 0 Å². The van der Waals surface area contributed by atoms with Crippen molar-refractivity contribution in [2.45, 2.75) is 105 Å². The molecule has 0 spiro atoms. The lowest BCUT2D eigenvalue weighted by molar-refractivity contribution is 0.392. The first kappa shape index (κ1) is 35.7. The van der Waals surface area contributed by atoms with Crippen LogP contribution in [0, 0.1) is 31.6 Å². The molecule has 0 aliphatic heterocycles. The highest BCUT2D eigenvalue weighted by atomic mass is 14.8. The van der Waals surface area contributed by atoms with Gasteiger partial charge in [-0.05, 0) is 31.8 Å². The maximum atomic E-state index is 4.00. The van der Waals surface area contributed by atoms with Crippen LogP contribution in [-0.4, -0.2) is 13.1 Å². The van der Waals surface area contributed by atoms with E-state index in [4.69, 9.17) is 0 Å². The molecule has 0 saturated heterocycles. The second-order valence-corrected chi connectivity index (χ2v) is 7.20. The Morgan fingerprint density at radius 2 is 0.900 bits per heavy atom. The van der Waals surface area contributed by atoms with Crippen LogP contribution in [0.25, 0.3) is 0 Å². The van der Waals surface area contributed by atoms with Crippen LogP contribution in [0.2, 0.25) is 0 Å². The van der Waals surface area contributed by atoms with E-state index >= 15 is 0 Å². The molecule has 0 atom stereocenters. The van der Waals surface area contributed by atoms with Crippen molar-refractivity contribution < 1.29 is 0 Å². The Labute approximate surface area is 191 Å². The quantitative estimate of drug-likeness (QED) is 0.251. The molecule has 0 unspecified atom stereocenters. The number of terminal acetylenes is 2. The fourth-order valence-corrected chi connectivity index (χ4v) is 2.74. The third kappa shape index (κ3) is 40.9. The van der Waals surface area contributed by atoms with Crippen molar-refractivity contribution in [2.24, 2.45) is 5.92 Å². The van der Waals surface area contributed by atoms with Crippen molar-refractivity contribution in [3.05, 3.63) is 36.4 Å². The highest BCUT2D eigenvalue weighted by molar-refractivity contribution is 4.99. The SMILES string of the molecule is C#C.C#C.CCCC.CCCCNCCCCC(CCC)CCC.c1ccccc1. The molecule has 0 aliphatic carbocycles. The Bertz CT molecular complexity index is 338. The van der Waals surface area contributed by atoms with Crippen molar-refractivity contribution in [1.82, 2.24) is 5.32 Å². The van der Waals surface area contributed by atoms with E-state index in [2.05, 4.69) is 65.6 Å². The van der Waals surface area contributed by atoms with E-state index in [9.17, 15) is 0 Å². The van der Waals surface area contributed by atoms with Crippen molar-refractivity contribution in [3.63, 3.8) is 0 Å². The molecule has 1 nitrogen and oxygen atoms in total. The summed E-state index contributed by atoms with van der Waals surface area (Å²) in [5, 5.41) is 3.52. The third-order valence-corrected chi connectivity index (χ3v) is 4.48. The largest absolute Gasteiger partial charge is 0.317 e. The van der Waals surface area contributed by atoms with Gasteiger partial charge in [-0.3, -0.25) is 0 Å². The zero-order valence-electron chi connectivity index (χ0n) is 21.0.